The number of carbonyl (C=O) groups excluding carboxylic acids is 1. The summed E-state index contributed by atoms with van der Waals surface area (Å²) < 4.78 is 0. The number of hydrogen-bond acceptors (Lipinski definition) is 3. The Hall–Kier alpha value is -3.15. The van der Waals surface area contributed by atoms with Crippen LogP contribution in [0.25, 0.3) is 11.3 Å². The monoisotopic (exact) mass is 280 g/mol. The zero-order valence-corrected chi connectivity index (χ0v) is 11.0. The van der Waals surface area contributed by atoms with Crippen molar-refractivity contribution < 1.29 is 4.79 Å². The first-order valence-electron chi connectivity index (χ1n) is 6.32. The largest absolute Gasteiger partial charge is 0.329 e. The number of aromatic nitrogens is 3. The normalized spacial score (nSPS) is 10.3. The van der Waals surface area contributed by atoms with Crippen LogP contribution in [0.4, 0.5) is 5.69 Å². The van der Waals surface area contributed by atoms with Crippen LogP contribution in [0.2, 0.25) is 0 Å². The maximum atomic E-state index is 12.0. The molecule has 3 aromatic rings. The van der Waals surface area contributed by atoms with Crippen molar-refractivity contribution in [1.82, 2.24) is 15.2 Å². The van der Waals surface area contributed by atoms with Crippen LogP contribution < -0.4 is 10.9 Å². The molecule has 2 aromatic heterocycles. The quantitative estimate of drug-likeness (QED) is 0.685. The Morgan fingerprint density at radius 2 is 1.90 bits per heavy atom. The molecule has 6 nitrogen and oxygen atoms in total. The summed E-state index contributed by atoms with van der Waals surface area (Å²) in [5.41, 5.74) is 2.54. The summed E-state index contributed by atoms with van der Waals surface area (Å²) in [5, 5.41) is 9.50. The molecule has 0 spiro atoms. The average molecular weight is 280 g/mol. The Bertz CT molecular complexity index is 804. The van der Waals surface area contributed by atoms with Crippen molar-refractivity contribution in [3.8, 4) is 11.3 Å². The highest BCUT2D eigenvalue weighted by Crippen LogP contribution is 2.19. The number of H-pyrrole nitrogens is 2. The molecule has 1 amide bonds. The Morgan fingerprint density at radius 1 is 1.10 bits per heavy atom. The number of anilines is 1. The number of nitrogens with zero attached hydrogens (tertiary/aromatic N) is 1. The second-order valence-corrected chi connectivity index (χ2v) is 4.44. The van der Waals surface area contributed by atoms with Gasteiger partial charge in [0.15, 0.2) is 0 Å². The molecule has 0 saturated heterocycles. The first-order valence-corrected chi connectivity index (χ1v) is 6.32. The van der Waals surface area contributed by atoms with E-state index in [4.69, 9.17) is 0 Å². The van der Waals surface area contributed by atoms with Crippen LogP contribution in [0.3, 0.4) is 0 Å². The molecule has 0 radical (unpaired) electrons. The minimum absolute atomic E-state index is 0.308. The highest BCUT2D eigenvalue weighted by Gasteiger charge is 2.06. The zero-order chi connectivity index (χ0) is 14.7. The van der Waals surface area contributed by atoms with E-state index in [1.165, 1.54) is 12.3 Å². The van der Waals surface area contributed by atoms with Gasteiger partial charge in [0.1, 0.15) is 0 Å². The Labute approximate surface area is 119 Å². The number of benzene rings is 1. The maximum Gasteiger partial charge on any atom is 0.255 e. The van der Waals surface area contributed by atoms with Crippen molar-refractivity contribution in [2.75, 3.05) is 5.32 Å². The molecule has 0 aliphatic rings. The predicted molar refractivity (Wildman–Crippen MR) is 79.0 cm³/mol. The first kappa shape index (κ1) is 12.9. The molecule has 6 heteroatoms. The van der Waals surface area contributed by atoms with Crippen molar-refractivity contribution in [2.24, 2.45) is 0 Å². The standard InChI is InChI=1S/C15H12N4O2/c20-14-9-11(5-7-16-14)15(21)18-12-3-1-10(2-4-12)13-6-8-17-19-13/h1-9H,(H,16,20)(H,17,19)(H,18,21). The smallest absolute Gasteiger partial charge is 0.255 e. The molecule has 1 aromatic carbocycles. The van der Waals surface area contributed by atoms with Gasteiger partial charge in [-0.3, -0.25) is 14.7 Å². The SMILES string of the molecule is O=C(Nc1ccc(-c2ccn[nH]2)cc1)c1cc[nH]c(=O)c1. The summed E-state index contributed by atoms with van der Waals surface area (Å²) in [4.78, 5) is 25.6. The van der Waals surface area contributed by atoms with Gasteiger partial charge >= 0.3 is 0 Å². The molecule has 0 bridgehead atoms. The lowest BCUT2D eigenvalue weighted by Crippen LogP contribution is -2.15. The molecule has 2 heterocycles. The molecule has 0 atom stereocenters. The number of pyridine rings is 1. The van der Waals surface area contributed by atoms with E-state index in [9.17, 15) is 9.59 Å². The third-order valence-electron chi connectivity index (χ3n) is 2.99. The van der Waals surface area contributed by atoms with Crippen molar-refractivity contribution >= 4 is 11.6 Å². The lowest BCUT2D eigenvalue weighted by molar-refractivity contribution is 0.102. The van der Waals surface area contributed by atoms with Crippen LogP contribution in [0.15, 0.2) is 59.7 Å². The van der Waals surface area contributed by atoms with E-state index in [-0.39, 0.29) is 11.5 Å². The number of hydrogen-bond donors (Lipinski definition) is 3. The minimum Gasteiger partial charge on any atom is -0.329 e. The number of carbonyl (C=O) groups is 1. The fourth-order valence-electron chi connectivity index (χ4n) is 1.94. The second-order valence-electron chi connectivity index (χ2n) is 4.44. The van der Waals surface area contributed by atoms with Gasteiger partial charge in [-0.2, -0.15) is 5.10 Å². The number of aromatic amines is 2. The van der Waals surface area contributed by atoms with Gasteiger partial charge < -0.3 is 10.3 Å². The fourth-order valence-corrected chi connectivity index (χ4v) is 1.94. The van der Waals surface area contributed by atoms with E-state index in [0.29, 0.717) is 11.3 Å². The number of amides is 1. The minimum atomic E-state index is -0.324. The van der Waals surface area contributed by atoms with E-state index in [1.54, 1.807) is 24.4 Å². The van der Waals surface area contributed by atoms with Crippen LogP contribution in [0, 0.1) is 0 Å². The van der Waals surface area contributed by atoms with Gasteiger partial charge in [-0.15, -0.1) is 0 Å². The third kappa shape index (κ3) is 2.89. The van der Waals surface area contributed by atoms with E-state index >= 15 is 0 Å². The maximum absolute atomic E-state index is 12.0. The van der Waals surface area contributed by atoms with Gasteiger partial charge in [-0.1, -0.05) is 12.1 Å². The van der Waals surface area contributed by atoms with Crippen molar-refractivity contribution in [1.29, 1.82) is 0 Å². The van der Waals surface area contributed by atoms with E-state index in [0.717, 1.165) is 11.3 Å². The summed E-state index contributed by atoms with van der Waals surface area (Å²) in [7, 11) is 0. The summed E-state index contributed by atoms with van der Waals surface area (Å²) in [6, 6.07) is 12.0. The molecule has 0 unspecified atom stereocenters. The third-order valence-corrected chi connectivity index (χ3v) is 2.99. The molecule has 0 aliphatic heterocycles. The Kier molecular flexibility index (Phi) is 3.34. The van der Waals surface area contributed by atoms with Gasteiger partial charge in [0.05, 0.1) is 5.69 Å². The number of nitrogens with one attached hydrogen (secondary N) is 3. The van der Waals surface area contributed by atoms with Gasteiger partial charge in [0.2, 0.25) is 5.56 Å². The summed E-state index contributed by atoms with van der Waals surface area (Å²) in [6.07, 6.45) is 3.12. The van der Waals surface area contributed by atoms with Gasteiger partial charge in [0.25, 0.3) is 5.91 Å². The average Bonchev–Trinajstić information content (AvgIpc) is 3.02. The molecule has 3 N–H and O–H groups in total. The molecule has 3 rings (SSSR count). The molecular weight excluding hydrogens is 268 g/mol. The van der Waals surface area contributed by atoms with Crippen LogP contribution in [0.1, 0.15) is 10.4 Å². The summed E-state index contributed by atoms with van der Waals surface area (Å²) >= 11 is 0. The van der Waals surface area contributed by atoms with Crippen LogP contribution in [-0.4, -0.2) is 21.1 Å². The molecule has 21 heavy (non-hydrogen) atoms. The highest BCUT2D eigenvalue weighted by molar-refractivity contribution is 6.04. The van der Waals surface area contributed by atoms with E-state index in [1.807, 2.05) is 18.2 Å². The zero-order valence-electron chi connectivity index (χ0n) is 11.0. The summed E-state index contributed by atoms with van der Waals surface area (Å²) in [6.45, 7) is 0. The molecule has 0 fully saturated rings. The lowest BCUT2D eigenvalue weighted by atomic mass is 10.1. The van der Waals surface area contributed by atoms with Crippen LogP contribution in [0.5, 0.6) is 0 Å². The lowest BCUT2D eigenvalue weighted by Gasteiger charge is -2.05. The van der Waals surface area contributed by atoms with Crippen LogP contribution >= 0.6 is 0 Å². The molecule has 0 aliphatic carbocycles. The number of rotatable bonds is 3. The van der Waals surface area contributed by atoms with Crippen molar-refractivity contribution in [3.05, 3.63) is 70.8 Å². The summed E-state index contributed by atoms with van der Waals surface area (Å²) in [5.74, 6) is -0.324. The van der Waals surface area contributed by atoms with Gasteiger partial charge in [0, 0.05) is 29.7 Å². The van der Waals surface area contributed by atoms with Gasteiger partial charge in [-0.05, 0) is 29.8 Å². The van der Waals surface area contributed by atoms with Gasteiger partial charge in [-0.25, -0.2) is 0 Å². The molecule has 0 saturated carbocycles. The van der Waals surface area contributed by atoms with E-state index < -0.39 is 0 Å². The van der Waals surface area contributed by atoms with Crippen molar-refractivity contribution in [3.63, 3.8) is 0 Å². The van der Waals surface area contributed by atoms with Crippen molar-refractivity contribution in [2.45, 2.75) is 0 Å². The Balaban J connectivity index is 1.76. The predicted octanol–water partition coefficient (Wildman–Crippen LogP) is 2.02. The molecular formula is C15H12N4O2. The topological polar surface area (TPSA) is 90.6 Å². The fraction of sp³-hybridized carbons (Fsp3) is 0. The highest BCUT2D eigenvalue weighted by atomic mass is 16.2. The first-order chi connectivity index (χ1) is 10.2. The Morgan fingerprint density at radius 3 is 2.57 bits per heavy atom. The van der Waals surface area contributed by atoms with Crippen LogP contribution in [-0.2, 0) is 0 Å². The molecule has 104 valence electrons. The van der Waals surface area contributed by atoms with E-state index in [2.05, 4.69) is 20.5 Å². The second kappa shape index (κ2) is 5.46.